The zero-order chi connectivity index (χ0) is 22.9. The molecule has 1 N–H and O–H groups in total. The van der Waals surface area contributed by atoms with Gasteiger partial charge in [0, 0.05) is 17.5 Å². The van der Waals surface area contributed by atoms with Crippen LogP contribution < -0.4 is 10.1 Å². The molecule has 0 saturated heterocycles. The molecule has 2 aromatic carbocycles. The summed E-state index contributed by atoms with van der Waals surface area (Å²) in [5.74, 6) is 1.57. The van der Waals surface area contributed by atoms with E-state index in [0.717, 1.165) is 22.8 Å². The van der Waals surface area contributed by atoms with Crippen molar-refractivity contribution in [3.05, 3.63) is 71.2 Å². The zero-order valence-electron chi connectivity index (χ0n) is 17.7. The summed E-state index contributed by atoms with van der Waals surface area (Å²) in [6.07, 6.45) is 0.730. The predicted molar refractivity (Wildman–Crippen MR) is 127 cm³/mol. The molecule has 8 nitrogen and oxygen atoms in total. The Bertz CT molecular complexity index is 1470. The Balaban J connectivity index is 1.43. The standard InChI is InChI=1S/C23H18ClN5O3S/c1-3-20-26-27-23-29(20)28-22(33-23)13-8-9-18(31-2)16(12-13)25-21(30)19-11-10-17(32-19)14-6-4-5-7-15(14)24/h4-12H,3H2,1-2H3,(H,25,30). The molecular formula is C23H18ClN5O3S. The highest BCUT2D eigenvalue weighted by molar-refractivity contribution is 7.19. The molecule has 0 unspecified atom stereocenters. The monoisotopic (exact) mass is 479 g/mol. The van der Waals surface area contributed by atoms with Crippen molar-refractivity contribution < 1.29 is 13.9 Å². The number of anilines is 1. The van der Waals surface area contributed by atoms with Crippen molar-refractivity contribution in [2.45, 2.75) is 13.3 Å². The van der Waals surface area contributed by atoms with Gasteiger partial charge in [0.1, 0.15) is 16.5 Å². The van der Waals surface area contributed by atoms with E-state index in [9.17, 15) is 4.79 Å². The minimum Gasteiger partial charge on any atom is -0.495 e. The second kappa shape index (κ2) is 8.68. The number of hydrogen-bond donors (Lipinski definition) is 1. The molecule has 0 aliphatic carbocycles. The molecule has 1 amide bonds. The Morgan fingerprint density at radius 2 is 2.03 bits per heavy atom. The van der Waals surface area contributed by atoms with Crippen LogP contribution in [0.4, 0.5) is 5.69 Å². The molecule has 0 atom stereocenters. The summed E-state index contributed by atoms with van der Waals surface area (Å²) < 4.78 is 12.9. The third-order valence-electron chi connectivity index (χ3n) is 5.04. The first kappa shape index (κ1) is 21.2. The van der Waals surface area contributed by atoms with E-state index in [1.54, 1.807) is 35.9 Å². The number of ether oxygens (including phenoxy) is 1. The lowest BCUT2D eigenvalue weighted by Crippen LogP contribution is -2.11. The van der Waals surface area contributed by atoms with Crippen molar-refractivity contribution in [2.24, 2.45) is 0 Å². The maximum Gasteiger partial charge on any atom is 0.291 e. The summed E-state index contributed by atoms with van der Waals surface area (Å²) in [4.78, 5) is 13.6. The Kier molecular flexibility index (Phi) is 5.57. The van der Waals surface area contributed by atoms with Crippen molar-refractivity contribution in [1.29, 1.82) is 0 Å². The van der Waals surface area contributed by atoms with Crippen LogP contribution in [0.15, 0.2) is 59.0 Å². The van der Waals surface area contributed by atoms with Crippen LogP contribution in [0.5, 0.6) is 5.75 Å². The van der Waals surface area contributed by atoms with Gasteiger partial charge >= 0.3 is 0 Å². The van der Waals surface area contributed by atoms with E-state index >= 15 is 0 Å². The van der Waals surface area contributed by atoms with Crippen LogP contribution in [-0.2, 0) is 6.42 Å². The topological polar surface area (TPSA) is 94.6 Å². The van der Waals surface area contributed by atoms with Crippen molar-refractivity contribution in [1.82, 2.24) is 19.8 Å². The van der Waals surface area contributed by atoms with Crippen LogP contribution in [0.1, 0.15) is 23.3 Å². The van der Waals surface area contributed by atoms with E-state index in [2.05, 4.69) is 20.6 Å². The second-order valence-electron chi connectivity index (χ2n) is 7.08. The Labute approximate surface area is 197 Å². The number of rotatable bonds is 6. The molecule has 0 aliphatic rings. The number of nitrogens with one attached hydrogen (secondary N) is 1. The van der Waals surface area contributed by atoms with Gasteiger partial charge in [-0.05, 0) is 42.5 Å². The molecule has 0 saturated carbocycles. The molecule has 3 aromatic heterocycles. The smallest absolute Gasteiger partial charge is 0.291 e. The van der Waals surface area contributed by atoms with E-state index < -0.39 is 5.91 Å². The van der Waals surface area contributed by atoms with Gasteiger partial charge in [0.25, 0.3) is 5.91 Å². The lowest BCUT2D eigenvalue weighted by Gasteiger charge is -2.10. The number of carbonyl (C=O) groups excluding carboxylic acids is 1. The van der Waals surface area contributed by atoms with E-state index in [1.807, 2.05) is 37.3 Å². The Hall–Kier alpha value is -3.69. The Morgan fingerprint density at radius 3 is 2.82 bits per heavy atom. The fourth-order valence-corrected chi connectivity index (χ4v) is 4.47. The highest BCUT2D eigenvalue weighted by Gasteiger charge is 2.18. The van der Waals surface area contributed by atoms with Crippen molar-refractivity contribution in [3.8, 4) is 27.6 Å². The number of amides is 1. The van der Waals surface area contributed by atoms with Crippen molar-refractivity contribution in [2.75, 3.05) is 12.4 Å². The van der Waals surface area contributed by atoms with Gasteiger partial charge in [0.2, 0.25) is 4.96 Å². The van der Waals surface area contributed by atoms with E-state index in [0.29, 0.717) is 32.7 Å². The van der Waals surface area contributed by atoms with Crippen LogP contribution in [0, 0.1) is 0 Å². The minimum absolute atomic E-state index is 0.156. The number of aromatic nitrogens is 4. The molecule has 0 bridgehead atoms. The second-order valence-corrected chi connectivity index (χ2v) is 8.45. The van der Waals surface area contributed by atoms with Gasteiger partial charge in [-0.15, -0.1) is 10.2 Å². The number of benzene rings is 2. The molecule has 0 radical (unpaired) electrons. The van der Waals surface area contributed by atoms with E-state index in [-0.39, 0.29) is 5.76 Å². The number of nitrogens with zero attached hydrogens (tertiary/aromatic N) is 4. The summed E-state index contributed by atoms with van der Waals surface area (Å²) in [5.41, 5.74) is 2.03. The average Bonchev–Trinajstić information content (AvgIpc) is 3.55. The molecule has 3 heterocycles. The molecule has 33 heavy (non-hydrogen) atoms. The van der Waals surface area contributed by atoms with Crippen LogP contribution in [0.3, 0.4) is 0 Å². The third kappa shape index (κ3) is 3.96. The third-order valence-corrected chi connectivity index (χ3v) is 6.31. The van der Waals surface area contributed by atoms with Gasteiger partial charge in [-0.3, -0.25) is 4.79 Å². The lowest BCUT2D eigenvalue weighted by atomic mass is 10.2. The number of hydrogen-bond acceptors (Lipinski definition) is 7. The number of fused-ring (bicyclic) bond motifs is 1. The summed E-state index contributed by atoms with van der Waals surface area (Å²) >= 11 is 7.66. The van der Waals surface area contributed by atoms with Crippen LogP contribution in [0.25, 0.3) is 26.9 Å². The van der Waals surface area contributed by atoms with Gasteiger partial charge in [0.05, 0.1) is 17.8 Å². The molecule has 166 valence electrons. The van der Waals surface area contributed by atoms with Crippen molar-refractivity contribution in [3.63, 3.8) is 0 Å². The molecule has 5 aromatic rings. The number of carbonyl (C=O) groups is 1. The fraction of sp³-hybridized carbons (Fsp3) is 0.130. The number of furan rings is 1. The van der Waals surface area contributed by atoms with Gasteiger partial charge in [-0.1, -0.05) is 42.0 Å². The van der Waals surface area contributed by atoms with Crippen LogP contribution in [-0.4, -0.2) is 32.8 Å². The largest absolute Gasteiger partial charge is 0.495 e. The summed E-state index contributed by atoms with van der Waals surface area (Å²) in [6.45, 7) is 2.00. The number of aryl methyl sites for hydroxylation is 1. The fourth-order valence-electron chi connectivity index (χ4n) is 3.38. The molecule has 0 fully saturated rings. The lowest BCUT2D eigenvalue weighted by molar-refractivity contribution is 0.0997. The highest BCUT2D eigenvalue weighted by Crippen LogP contribution is 2.34. The first-order valence-electron chi connectivity index (χ1n) is 10.1. The van der Waals surface area contributed by atoms with Gasteiger partial charge in [-0.25, -0.2) is 0 Å². The number of methoxy groups -OCH3 is 1. The SMILES string of the molecule is CCc1nnc2sc(-c3ccc(OC)c(NC(=O)c4ccc(-c5ccccc5Cl)o4)c3)nn12. The van der Waals surface area contributed by atoms with Gasteiger partial charge in [0.15, 0.2) is 11.6 Å². The summed E-state index contributed by atoms with van der Waals surface area (Å²) in [6, 6.07) is 16.1. The van der Waals surface area contributed by atoms with Crippen LogP contribution in [0.2, 0.25) is 5.02 Å². The maximum absolute atomic E-state index is 12.9. The number of halogens is 1. The maximum atomic E-state index is 12.9. The van der Waals surface area contributed by atoms with Gasteiger partial charge in [-0.2, -0.15) is 9.61 Å². The minimum atomic E-state index is -0.407. The van der Waals surface area contributed by atoms with Crippen LogP contribution >= 0.6 is 22.9 Å². The summed E-state index contributed by atoms with van der Waals surface area (Å²) in [7, 11) is 1.55. The molecule has 0 aliphatic heterocycles. The first-order chi connectivity index (χ1) is 16.1. The van der Waals surface area contributed by atoms with E-state index in [1.165, 1.54) is 11.3 Å². The predicted octanol–water partition coefficient (Wildman–Crippen LogP) is 5.59. The molecular weight excluding hydrogens is 462 g/mol. The molecule has 0 spiro atoms. The normalized spacial score (nSPS) is 11.1. The quantitative estimate of drug-likeness (QED) is 0.341. The average molecular weight is 480 g/mol. The highest BCUT2D eigenvalue weighted by atomic mass is 35.5. The Morgan fingerprint density at radius 1 is 1.18 bits per heavy atom. The summed E-state index contributed by atoms with van der Waals surface area (Å²) in [5, 5.41) is 17.1. The first-order valence-corrected chi connectivity index (χ1v) is 11.3. The van der Waals surface area contributed by atoms with Crippen molar-refractivity contribution >= 4 is 39.5 Å². The zero-order valence-corrected chi connectivity index (χ0v) is 19.3. The molecule has 5 rings (SSSR count). The molecule has 10 heteroatoms. The van der Waals surface area contributed by atoms with Gasteiger partial charge < -0.3 is 14.5 Å². The van der Waals surface area contributed by atoms with E-state index in [4.69, 9.17) is 20.8 Å².